The van der Waals surface area contributed by atoms with Crippen molar-refractivity contribution in [3.8, 4) is 0 Å². The first kappa shape index (κ1) is 16.7. The number of anilines is 1. The van der Waals surface area contributed by atoms with Crippen molar-refractivity contribution in [1.82, 2.24) is 20.1 Å². The number of hydrogen-bond acceptors (Lipinski definition) is 3. The number of urea groups is 1. The number of amides is 2. The maximum Gasteiger partial charge on any atom is 0.321 e. The van der Waals surface area contributed by atoms with Gasteiger partial charge >= 0.3 is 6.03 Å². The zero-order valence-electron chi connectivity index (χ0n) is 15.2. The molecule has 5 rings (SSSR count). The van der Waals surface area contributed by atoms with E-state index in [0.717, 1.165) is 24.5 Å². The molecule has 2 aliphatic carbocycles. The molecule has 1 aromatic heterocycles. The van der Waals surface area contributed by atoms with Crippen LogP contribution in [0.5, 0.6) is 0 Å². The first-order valence-corrected chi connectivity index (χ1v) is 9.87. The molecular weight excluding hydrogens is 345 g/mol. The Labute approximate surface area is 157 Å². The standard InChI is InChI=1S/C20H24FN5O/c21-15-5-1-2-6-16(15)22-19(27)26-11-14(20(12-26)9-3-4-10-20)18-23-17(24-25-18)13-7-8-13/h1-2,5-6,13-14H,3-4,7-12H2,(H,22,27)(H,23,24,25). The van der Waals surface area contributed by atoms with Crippen LogP contribution in [-0.4, -0.2) is 39.2 Å². The molecule has 1 unspecified atom stereocenters. The van der Waals surface area contributed by atoms with Crippen molar-refractivity contribution >= 4 is 11.7 Å². The lowest BCUT2D eigenvalue weighted by molar-refractivity contribution is 0.212. The van der Waals surface area contributed by atoms with Gasteiger partial charge in [-0.05, 0) is 43.2 Å². The molecule has 2 N–H and O–H groups in total. The Hall–Kier alpha value is -2.44. The first-order valence-electron chi connectivity index (χ1n) is 9.87. The zero-order valence-corrected chi connectivity index (χ0v) is 15.2. The molecule has 142 valence electrons. The van der Waals surface area contributed by atoms with Gasteiger partial charge < -0.3 is 10.2 Å². The molecule has 1 spiro atoms. The molecule has 1 aliphatic heterocycles. The smallest absolute Gasteiger partial charge is 0.321 e. The average molecular weight is 369 g/mol. The number of carbonyl (C=O) groups excluding carboxylic acids is 1. The molecule has 27 heavy (non-hydrogen) atoms. The third kappa shape index (κ3) is 2.99. The van der Waals surface area contributed by atoms with Gasteiger partial charge in [0.1, 0.15) is 11.6 Å². The molecule has 1 saturated heterocycles. The van der Waals surface area contributed by atoms with E-state index in [-0.39, 0.29) is 23.1 Å². The summed E-state index contributed by atoms with van der Waals surface area (Å²) in [6.07, 6.45) is 6.90. The van der Waals surface area contributed by atoms with Gasteiger partial charge in [-0.1, -0.05) is 25.0 Å². The molecule has 2 heterocycles. The van der Waals surface area contributed by atoms with Gasteiger partial charge in [0.05, 0.1) is 5.69 Å². The van der Waals surface area contributed by atoms with Gasteiger partial charge in [0.2, 0.25) is 0 Å². The van der Waals surface area contributed by atoms with E-state index in [0.29, 0.717) is 19.0 Å². The summed E-state index contributed by atoms with van der Waals surface area (Å²) in [4.78, 5) is 19.4. The predicted octanol–water partition coefficient (Wildman–Crippen LogP) is 4.01. The summed E-state index contributed by atoms with van der Waals surface area (Å²) >= 11 is 0. The van der Waals surface area contributed by atoms with Crippen LogP contribution in [0.15, 0.2) is 24.3 Å². The second-order valence-corrected chi connectivity index (χ2v) is 8.27. The number of benzene rings is 1. The maximum absolute atomic E-state index is 13.9. The minimum atomic E-state index is -0.415. The summed E-state index contributed by atoms with van der Waals surface area (Å²) < 4.78 is 13.9. The SMILES string of the molecule is O=C(Nc1ccccc1F)N1CC(c2nc(C3CC3)n[nH]2)C2(CCCC2)C1. The van der Waals surface area contributed by atoms with Gasteiger partial charge in [0.25, 0.3) is 0 Å². The van der Waals surface area contributed by atoms with Crippen LogP contribution in [0.2, 0.25) is 0 Å². The zero-order chi connectivity index (χ0) is 18.4. The summed E-state index contributed by atoms with van der Waals surface area (Å²) in [6, 6.07) is 6.04. The molecule has 2 aromatic rings. The van der Waals surface area contributed by atoms with Gasteiger partial charge in [-0.2, -0.15) is 5.10 Å². The third-order valence-corrected chi connectivity index (χ3v) is 6.44. The van der Waals surface area contributed by atoms with E-state index in [2.05, 4.69) is 15.5 Å². The van der Waals surface area contributed by atoms with Gasteiger partial charge in [-0.15, -0.1) is 0 Å². The molecule has 1 atom stereocenters. The molecule has 0 bridgehead atoms. The van der Waals surface area contributed by atoms with Gasteiger partial charge in [0, 0.05) is 24.9 Å². The summed E-state index contributed by atoms with van der Waals surface area (Å²) in [5.41, 5.74) is 0.287. The fourth-order valence-corrected chi connectivity index (χ4v) is 4.81. The molecule has 2 amide bonds. The first-order chi connectivity index (χ1) is 13.1. The van der Waals surface area contributed by atoms with Crippen LogP contribution in [0.25, 0.3) is 0 Å². The van der Waals surface area contributed by atoms with Crippen LogP contribution in [-0.2, 0) is 0 Å². The number of H-pyrrole nitrogens is 1. The van der Waals surface area contributed by atoms with E-state index in [4.69, 9.17) is 4.98 Å². The highest BCUT2D eigenvalue weighted by Gasteiger charge is 2.51. The second-order valence-electron chi connectivity index (χ2n) is 8.27. The van der Waals surface area contributed by atoms with E-state index in [1.807, 2.05) is 4.90 Å². The fourth-order valence-electron chi connectivity index (χ4n) is 4.81. The third-order valence-electron chi connectivity index (χ3n) is 6.44. The molecule has 1 aromatic carbocycles. The second kappa shape index (κ2) is 6.32. The minimum absolute atomic E-state index is 0.0624. The quantitative estimate of drug-likeness (QED) is 0.858. The normalized spacial score (nSPS) is 23.9. The van der Waals surface area contributed by atoms with Crippen molar-refractivity contribution in [2.45, 2.75) is 50.4 Å². The summed E-state index contributed by atoms with van der Waals surface area (Å²) in [7, 11) is 0. The van der Waals surface area contributed by atoms with Crippen LogP contribution in [0.3, 0.4) is 0 Å². The molecule has 7 heteroatoms. The van der Waals surface area contributed by atoms with Gasteiger partial charge in [-0.25, -0.2) is 14.2 Å². The number of hydrogen-bond donors (Lipinski definition) is 2. The highest BCUT2D eigenvalue weighted by atomic mass is 19.1. The van der Waals surface area contributed by atoms with Crippen molar-refractivity contribution in [1.29, 1.82) is 0 Å². The number of nitrogens with one attached hydrogen (secondary N) is 2. The Morgan fingerprint density at radius 2 is 2.04 bits per heavy atom. The lowest BCUT2D eigenvalue weighted by Gasteiger charge is -2.28. The van der Waals surface area contributed by atoms with Crippen LogP contribution in [0.4, 0.5) is 14.9 Å². The molecule has 3 aliphatic rings. The summed E-state index contributed by atoms with van der Waals surface area (Å²) in [5, 5.41) is 10.3. The van der Waals surface area contributed by atoms with Crippen molar-refractivity contribution in [3.05, 3.63) is 41.7 Å². The monoisotopic (exact) mass is 369 g/mol. The number of carbonyl (C=O) groups is 1. The maximum atomic E-state index is 13.9. The van der Waals surface area contributed by atoms with E-state index in [1.165, 1.54) is 31.7 Å². The van der Waals surface area contributed by atoms with Crippen LogP contribution >= 0.6 is 0 Å². The van der Waals surface area contributed by atoms with Crippen LogP contribution in [0, 0.1) is 11.2 Å². The fraction of sp³-hybridized carbons (Fsp3) is 0.550. The Balaban J connectivity index is 1.37. The number of aromatic nitrogens is 3. The van der Waals surface area contributed by atoms with E-state index >= 15 is 0 Å². The van der Waals surface area contributed by atoms with E-state index in [9.17, 15) is 9.18 Å². The Morgan fingerprint density at radius 3 is 2.78 bits per heavy atom. The van der Waals surface area contributed by atoms with Crippen molar-refractivity contribution < 1.29 is 9.18 Å². The average Bonchev–Trinajstić information content (AvgIpc) is 3.09. The number of aromatic amines is 1. The highest BCUT2D eigenvalue weighted by Crippen LogP contribution is 2.53. The minimum Gasteiger partial charge on any atom is -0.323 e. The summed E-state index contributed by atoms with van der Waals surface area (Å²) in [6.45, 7) is 1.29. The van der Waals surface area contributed by atoms with Crippen LogP contribution < -0.4 is 5.32 Å². The molecular formula is C20H24FN5O. The number of halogens is 1. The lowest BCUT2D eigenvalue weighted by atomic mass is 9.76. The molecule has 6 nitrogen and oxygen atoms in total. The highest BCUT2D eigenvalue weighted by molar-refractivity contribution is 5.89. The Morgan fingerprint density at radius 1 is 1.26 bits per heavy atom. The van der Waals surface area contributed by atoms with Crippen molar-refractivity contribution in [2.75, 3.05) is 18.4 Å². The molecule has 2 saturated carbocycles. The lowest BCUT2D eigenvalue weighted by Crippen LogP contribution is -2.34. The number of likely N-dealkylation sites (tertiary alicyclic amines) is 1. The van der Waals surface area contributed by atoms with Crippen molar-refractivity contribution in [2.24, 2.45) is 5.41 Å². The van der Waals surface area contributed by atoms with Crippen molar-refractivity contribution in [3.63, 3.8) is 0 Å². The molecule has 3 fully saturated rings. The van der Waals surface area contributed by atoms with Crippen LogP contribution in [0.1, 0.15) is 62.0 Å². The van der Waals surface area contributed by atoms with Gasteiger partial charge in [-0.3, -0.25) is 5.10 Å². The molecule has 0 radical (unpaired) electrons. The number of rotatable bonds is 3. The van der Waals surface area contributed by atoms with E-state index < -0.39 is 5.82 Å². The number of para-hydroxylation sites is 1. The topological polar surface area (TPSA) is 73.9 Å². The number of nitrogens with zero attached hydrogens (tertiary/aromatic N) is 3. The summed E-state index contributed by atoms with van der Waals surface area (Å²) in [5.74, 6) is 2.11. The Bertz CT molecular complexity index is 856. The predicted molar refractivity (Wildman–Crippen MR) is 99.0 cm³/mol. The Kier molecular flexibility index (Phi) is 3.91. The largest absolute Gasteiger partial charge is 0.323 e. The van der Waals surface area contributed by atoms with Gasteiger partial charge in [0.15, 0.2) is 5.82 Å². The van der Waals surface area contributed by atoms with E-state index in [1.54, 1.807) is 18.2 Å².